The summed E-state index contributed by atoms with van der Waals surface area (Å²) in [6, 6.07) is 8.67. The minimum atomic E-state index is -3.76. The number of morpholine rings is 1. The maximum absolute atomic E-state index is 13.2. The number of likely N-dealkylation sites (N-methyl/N-ethyl adjacent to an activating group) is 1. The Balaban J connectivity index is 1.71. The summed E-state index contributed by atoms with van der Waals surface area (Å²) in [7, 11) is -2.18. The van der Waals surface area contributed by atoms with Gasteiger partial charge >= 0.3 is 0 Å². The third-order valence-electron chi connectivity index (χ3n) is 5.10. The number of hydrogen-bond donors (Lipinski definition) is 1. The van der Waals surface area contributed by atoms with Gasteiger partial charge in [0.25, 0.3) is 15.9 Å². The van der Waals surface area contributed by atoms with Crippen LogP contribution in [0.4, 0.5) is 5.69 Å². The fourth-order valence-corrected chi connectivity index (χ4v) is 5.60. The number of pyridine rings is 1. The van der Waals surface area contributed by atoms with Gasteiger partial charge in [0.05, 0.1) is 29.9 Å². The predicted octanol–water partition coefficient (Wildman–Crippen LogP) is 2.14. The number of rotatable bonds is 4. The molecule has 0 saturated carbocycles. The Hall–Kier alpha value is -2.18. The number of aryl methyl sites for hydroxylation is 1. The molecule has 0 radical (unpaired) electrons. The van der Waals surface area contributed by atoms with E-state index in [0.717, 1.165) is 20.2 Å². The molecule has 10 heteroatoms. The van der Waals surface area contributed by atoms with E-state index >= 15 is 0 Å². The van der Waals surface area contributed by atoms with Crippen LogP contribution < -0.4 is 10.2 Å². The quantitative estimate of drug-likeness (QED) is 0.510. The van der Waals surface area contributed by atoms with Crippen LogP contribution in [0.15, 0.2) is 47.6 Å². The Labute approximate surface area is 188 Å². The molecule has 0 spiro atoms. The molecule has 3 heterocycles. The Bertz CT molecular complexity index is 1210. The molecular weight excluding hydrogens is 519 g/mol. The summed E-state index contributed by atoms with van der Waals surface area (Å²) >= 11 is 2.12. The second-order valence-corrected chi connectivity index (χ2v) is 10.1. The van der Waals surface area contributed by atoms with Crippen molar-refractivity contribution in [1.29, 1.82) is 0 Å². The number of anilines is 1. The molecule has 8 nitrogen and oxygen atoms in total. The standard InChI is InChI=1S/C20H21IN4O4S/c1-13-3-5-15(6-4-13)30(27,28)25-11-17(21)16-9-14(10-23-19(16)25)24-7-8-29-18(12-24)20(26)22-2/h3-6,9-11,18H,7-8,12H2,1-2H3,(H,22,26). The second kappa shape index (κ2) is 8.16. The first kappa shape index (κ1) is 21.1. The Morgan fingerprint density at radius 3 is 2.73 bits per heavy atom. The number of aromatic nitrogens is 2. The van der Waals surface area contributed by atoms with Gasteiger partial charge < -0.3 is 15.0 Å². The average Bonchev–Trinajstić information content (AvgIpc) is 3.10. The molecule has 1 N–H and O–H groups in total. The van der Waals surface area contributed by atoms with Gasteiger partial charge in [-0.3, -0.25) is 4.79 Å². The molecule has 158 valence electrons. The van der Waals surface area contributed by atoms with E-state index < -0.39 is 16.1 Å². The Kier molecular flexibility index (Phi) is 5.73. The topological polar surface area (TPSA) is 93.5 Å². The Morgan fingerprint density at radius 1 is 1.30 bits per heavy atom. The van der Waals surface area contributed by atoms with Crippen LogP contribution in [-0.2, 0) is 19.6 Å². The lowest BCUT2D eigenvalue weighted by Crippen LogP contribution is -2.49. The number of hydrogen-bond acceptors (Lipinski definition) is 6. The van der Waals surface area contributed by atoms with Crippen molar-refractivity contribution in [3.63, 3.8) is 0 Å². The molecule has 1 amide bonds. The molecule has 1 aliphatic heterocycles. The number of nitrogens with zero attached hydrogens (tertiary/aromatic N) is 3. The van der Waals surface area contributed by atoms with Gasteiger partial charge in [0.1, 0.15) is 0 Å². The van der Waals surface area contributed by atoms with E-state index in [9.17, 15) is 13.2 Å². The molecular formula is C20H21IN4O4S. The minimum absolute atomic E-state index is 0.168. The smallest absolute Gasteiger partial charge is 0.269 e. The van der Waals surface area contributed by atoms with Gasteiger partial charge in [-0.1, -0.05) is 17.7 Å². The third-order valence-corrected chi connectivity index (χ3v) is 7.62. The van der Waals surface area contributed by atoms with Gasteiger partial charge in [-0.15, -0.1) is 0 Å². The highest BCUT2D eigenvalue weighted by Gasteiger charge is 2.27. The summed E-state index contributed by atoms with van der Waals surface area (Å²) < 4.78 is 33.9. The van der Waals surface area contributed by atoms with Crippen molar-refractivity contribution in [3.8, 4) is 0 Å². The fraction of sp³-hybridized carbons (Fsp3) is 0.300. The molecule has 1 unspecified atom stereocenters. The van der Waals surface area contributed by atoms with E-state index in [1.807, 2.05) is 17.9 Å². The van der Waals surface area contributed by atoms with Crippen LogP contribution in [0.5, 0.6) is 0 Å². The van der Waals surface area contributed by atoms with Gasteiger partial charge in [0.2, 0.25) is 0 Å². The number of carbonyl (C=O) groups excluding carboxylic acids is 1. The lowest BCUT2D eigenvalue weighted by atomic mass is 10.2. The third kappa shape index (κ3) is 3.79. The highest BCUT2D eigenvalue weighted by molar-refractivity contribution is 14.1. The SMILES string of the molecule is CNC(=O)C1CN(c2cnc3c(c2)c(I)cn3S(=O)(=O)c2ccc(C)cc2)CCO1. The zero-order chi connectivity index (χ0) is 21.5. The minimum Gasteiger partial charge on any atom is -0.365 e. The van der Waals surface area contributed by atoms with Crippen molar-refractivity contribution >= 4 is 55.2 Å². The lowest BCUT2D eigenvalue weighted by Gasteiger charge is -2.33. The summed E-state index contributed by atoms with van der Waals surface area (Å²) in [6.45, 7) is 3.37. The number of ether oxygens (including phenoxy) is 1. The van der Waals surface area contributed by atoms with E-state index in [4.69, 9.17) is 4.74 Å². The molecule has 1 atom stereocenters. The van der Waals surface area contributed by atoms with E-state index in [0.29, 0.717) is 25.3 Å². The lowest BCUT2D eigenvalue weighted by molar-refractivity contribution is -0.132. The van der Waals surface area contributed by atoms with Crippen molar-refractivity contribution in [2.45, 2.75) is 17.9 Å². The molecule has 3 aromatic rings. The maximum atomic E-state index is 13.2. The van der Waals surface area contributed by atoms with Crippen molar-refractivity contribution in [3.05, 3.63) is 51.9 Å². The molecule has 30 heavy (non-hydrogen) atoms. The van der Waals surface area contributed by atoms with E-state index in [-0.39, 0.29) is 10.8 Å². The molecule has 2 aromatic heterocycles. The number of benzene rings is 1. The number of amides is 1. The molecule has 1 aliphatic rings. The van der Waals surface area contributed by atoms with Crippen molar-refractivity contribution in [2.75, 3.05) is 31.6 Å². The first-order valence-electron chi connectivity index (χ1n) is 9.38. The number of fused-ring (bicyclic) bond motifs is 1. The molecule has 1 aromatic carbocycles. The average molecular weight is 540 g/mol. The summed E-state index contributed by atoms with van der Waals surface area (Å²) in [6.07, 6.45) is 2.68. The van der Waals surface area contributed by atoms with E-state index in [2.05, 4.69) is 32.9 Å². The summed E-state index contributed by atoms with van der Waals surface area (Å²) in [5, 5.41) is 3.35. The summed E-state index contributed by atoms with van der Waals surface area (Å²) in [5.74, 6) is -0.168. The van der Waals surface area contributed by atoms with Gasteiger partial charge in [-0.05, 0) is 47.7 Å². The maximum Gasteiger partial charge on any atom is 0.269 e. The normalized spacial score (nSPS) is 17.3. The van der Waals surface area contributed by atoms with Gasteiger partial charge in [0.15, 0.2) is 11.8 Å². The largest absolute Gasteiger partial charge is 0.365 e. The van der Waals surface area contributed by atoms with Crippen LogP contribution in [0.3, 0.4) is 0 Å². The van der Waals surface area contributed by atoms with E-state index in [1.54, 1.807) is 43.7 Å². The van der Waals surface area contributed by atoms with Gasteiger partial charge in [0, 0.05) is 28.7 Å². The first-order chi connectivity index (χ1) is 14.3. The van der Waals surface area contributed by atoms with Gasteiger partial charge in [-0.25, -0.2) is 17.4 Å². The number of carbonyl (C=O) groups is 1. The van der Waals surface area contributed by atoms with Crippen LogP contribution in [0, 0.1) is 10.5 Å². The van der Waals surface area contributed by atoms with Crippen molar-refractivity contribution in [2.24, 2.45) is 0 Å². The molecule has 4 rings (SSSR count). The molecule has 1 saturated heterocycles. The first-order valence-corrected chi connectivity index (χ1v) is 11.9. The van der Waals surface area contributed by atoms with Crippen molar-refractivity contribution < 1.29 is 17.9 Å². The summed E-state index contributed by atoms with van der Waals surface area (Å²) in [4.78, 5) is 18.6. The van der Waals surface area contributed by atoms with Crippen LogP contribution in [0.25, 0.3) is 11.0 Å². The zero-order valence-corrected chi connectivity index (χ0v) is 19.5. The Morgan fingerprint density at radius 2 is 2.03 bits per heavy atom. The highest BCUT2D eigenvalue weighted by atomic mass is 127. The molecule has 1 fully saturated rings. The van der Waals surface area contributed by atoms with Crippen LogP contribution in [0.1, 0.15) is 5.56 Å². The van der Waals surface area contributed by atoms with Crippen LogP contribution in [0.2, 0.25) is 0 Å². The predicted molar refractivity (Wildman–Crippen MR) is 122 cm³/mol. The molecule has 0 bridgehead atoms. The molecule has 0 aliphatic carbocycles. The van der Waals surface area contributed by atoms with Crippen LogP contribution >= 0.6 is 22.6 Å². The second-order valence-electron chi connectivity index (χ2n) is 7.08. The van der Waals surface area contributed by atoms with E-state index in [1.165, 1.54) is 3.97 Å². The monoisotopic (exact) mass is 540 g/mol. The summed E-state index contributed by atoms with van der Waals surface area (Å²) in [5.41, 5.74) is 2.19. The zero-order valence-electron chi connectivity index (χ0n) is 16.5. The fourth-order valence-electron chi connectivity index (χ4n) is 3.41. The highest BCUT2D eigenvalue weighted by Crippen LogP contribution is 2.29. The number of nitrogens with one attached hydrogen (secondary N) is 1. The number of halogens is 1. The van der Waals surface area contributed by atoms with Gasteiger partial charge in [-0.2, -0.15) is 0 Å². The van der Waals surface area contributed by atoms with Crippen LogP contribution in [-0.4, -0.2) is 56.1 Å². The van der Waals surface area contributed by atoms with Crippen molar-refractivity contribution in [1.82, 2.24) is 14.3 Å².